The number of allylic oxidation sites excluding steroid dienone is 17. The van der Waals surface area contributed by atoms with Crippen molar-refractivity contribution in [2.75, 3.05) is 40.9 Å². The van der Waals surface area contributed by atoms with E-state index < -0.39 is 26.6 Å². The standard InChI is InChI=1S/C66H115N2O7P/c1-7-10-13-16-19-22-25-28-30-31-32-33-34-35-36-37-39-41-44-47-50-53-56-59-66(70)75-64(57-54-51-48-45-42-27-24-21-18-15-12-9-3)63(62-74-76(71,72)73-61-60-68(4,5)6)67-65(69)58-55-52-49-46-43-40-38-29-26-23-20-17-14-11-8-2/h10,13,19-20,22-23,26,28-30,32-33,35-36,39,41,54,57,63-64H,7-9,11-12,14-18,21,24-25,27,31,34,37-38,40,42-53,55-56,58-62H2,1-6H3,(H-,67,69,71,72)/b13-10-,22-19-,23-20+,29-26+,30-28-,33-32-,36-35-,41-39-,57-54-. The Labute approximate surface area is 468 Å². The molecular formula is C66H115N2O7P. The van der Waals surface area contributed by atoms with Gasteiger partial charge in [0.1, 0.15) is 19.3 Å². The van der Waals surface area contributed by atoms with Gasteiger partial charge in [-0.1, -0.05) is 233 Å². The van der Waals surface area contributed by atoms with E-state index in [2.05, 4.69) is 123 Å². The lowest BCUT2D eigenvalue weighted by molar-refractivity contribution is -0.870. The van der Waals surface area contributed by atoms with Crippen LogP contribution >= 0.6 is 7.82 Å². The van der Waals surface area contributed by atoms with Crippen molar-refractivity contribution in [1.29, 1.82) is 0 Å². The minimum absolute atomic E-state index is 0.0346. The lowest BCUT2D eigenvalue weighted by Crippen LogP contribution is -2.47. The number of phosphoric acid groups is 1. The summed E-state index contributed by atoms with van der Waals surface area (Å²) in [6.07, 6.45) is 74.8. The highest BCUT2D eigenvalue weighted by Gasteiger charge is 2.27. The molecular weight excluding hydrogens is 964 g/mol. The molecule has 1 amide bonds. The molecule has 0 heterocycles. The van der Waals surface area contributed by atoms with Gasteiger partial charge in [0.15, 0.2) is 0 Å². The molecule has 0 fully saturated rings. The lowest BCUT2D eigenvalue weighted by atomic mass is 10.0. The van der Waals surface area contributed by atoms with Crippen molar-refractivity contribution >= 4 is 19.7 Å². The van der Waals surface area contributed by atoms with E-state index in [0.717, 1.165) is 135 Å². The van der Waals surface area contributed by atoms with E-state index in [0.29, 0.717) is 23.9 Å². The summed E-state index contributed by atoms with van der Waals surface area (Å²) in [4.78, 5) is 40.0. The van der Waals surface area contributed by atoms with Crippen LogP contribution in [0.3, 0.4) is 0 Å². The molecule has 0 aromatic carbocycles. The van der Waals surface area contributed by atoms with Crippen LogP contribution in [0.15, 0.2) is 109 Å². The van der Waals surface area contributed by atoms with Crippen molar-refractivity contribution < 1.29 is 37.3 Å². The molecule has 0 aromatic heterocycles. The van der Waals surface area contributed by atoms with Crippen LogP contribution in [-0.2, 0) is 27.9 Å². The Morgan fingerprint density at radius 2 is 0.882 bits per heavy atom. The van der Waals surface area contributed by atoms with Gasteiger partial charge in [0.2, 0.25) is 5.91 Å². The van der Waals surface area contributed by atoms with Gasteiger partial charge in [-0.05, 0) is 109 Å². The Bertz CT molecular complexity index is 1670. The second kappa shape index (κ2) is 55.0. The van der Waals surface area contributed by atoms with Crippen LogP contribution in [0.5, 0.6) is 0 Å². The van der Waals surface area contributed by atoms with Gasteiger partial charge in [-0.2, -0.15) is 0 Å². The van der Waals surface area contributed by atoms with E-state index in [1.54, 1.807) is 0 Å². The second-order valence-corrected chi connectivity index (χ2v) is 22.9. The van der Waals surface area contributed by atoms with E-state index in [1.165, 1.54) is 70.6 Å². The van der Waals surface area contributed by atoms with Crippen molar-refractivity contribution in [3.05, 3.63) is 109 Å². The Morgan fingerprint density at radius 3 is 1.37 bits per heavy atom. The normalized spacial score (nSPS) is 14.5. The van der Waals surface area contributed by atoms with Gasteiger partial charge in [0.05, 0.1) is 33.8 Å². The average Bonchev–Trinajstić information content (AvgIpc) is 3.38. The first kappa shape index (κ1) is 72.7. The third-order valence-corrected chi connectivity index (χ3v) is 13.9. The zero-order chi connectivity index (χ0) is 55.7. The molecule has 0 aliphatic heterocycles. The molecule has 3 atom stereocenters. The van der Waals surface area contributed by atoms with Crippen LogP contribution in [0.4, 0.5) is 0 Å². The fourth-order valence-corrected chi connectivity index (χ4v) is 8.94. The topological polar surface area (TPSA) is 114 Å². The fraction of sp³-hybridized carbons (Fsp3) is 0.697. The number of nitrogens with one attached hydrogen (secondary N) is 1. The monoisotopic (exact) mass is 1080 g/mol. The van der Waals surface area contributed by atoms with E-state index in [9.17, 15) is 19.0 Å². The van der Waals surface area contributed by atoms with Crippen molar-refractivity contribution in [3.63, 3.8) is 0 Å². The first-order valence-corrected chi connectivity index (χ1v) is 32.2. The summed E-state index contributed by atoms with van der Waals surface area (Å²) in [5.74, 6) is -0.590. The lowest BCUT2D eigenvalue weighted by Gasteiger charge is -2.30. The fourth-order valence-electron chi connectivity index (χ4n) is 8.22. The zero-order valence-electron chi connectivity index (χ0n) is 49.7. The third kappa shape index (κ3) is 55.4. The Balaban J connectivity index is 5.32. The molecule has 10 heteroatoms. The number of likely N-dealkylation sites (N-methyl/N-ethyl adjacent to an activating group) is 1. The SMILES string of the molecule is CC/C=C\C/C=C\C/C=C\C/C=C\C/C=C\C/C=C\CCCCCCC(=O)OC(/C=C\CCCCCCCCCCCC)C(COP(=O)([O-])OCC[N+](C)(C)C)NC(=O)CCCCCCCC/C=C/C=C/CCCCC. The number of esters is 1. The van der Waals surface area contributed by atoms with E-state index in [-0.39, 0.29) is 24.9 Å². The van der Waals surface area contributed by atoms with Gasteiger partial charge < -0.3 is 28.5 Å². The van der Waals surface area contributed by atoms with Crippen LogP contribution in [0.1, 0.15) is 245 Å². The van der Waals surface area contributed by atoms with Crippen LogP contribution in [0.25, 0.3) is 0 Å². The average molecular weight is 1080 g/mol. The highest BCUT2D eigenvalue weighted by molar-refractivity contribution is 7.45. The van der Waals surface area contributed by atoms with Crippen molar-refractivity contribution in [2.24, 2.45) is 0 Å². The molecule has 436 valence electrons. The van der Waals surface area contributed by atoms with Gasteiger partial charge in [0, 0.05) is 12.8 Å². The number of ether oxygens (including phenoxy) is 1. The number of phosphoric ester groups is 1. The van der Waals surface area contributed by atoms with E-state index >= 15 is 0 Å². The van der Waals surface area contributed by atoms with Gasteiger partial charge in [-0.3, -0.25) is 14.2 Å². The maximum Gasteiger partial charge on any atom is 0.306 e. The molecule has 1 N–H and O–H groups in total. The van der Waals surface area contributed by atoms with Crippen LogP contribution in [0.2, 0.25) is 0 Å². The number of carbonyl (C=O) groups is 2. The molecule has 0 bridgehead atoms. The summed E-state index contributed by atoms with van der Waals surface area (Å²) in [6, 6.07) is -0.912. The minimum atomic E-state index is -4.71. The highest BCUT2D eigenvalue weighted by Crippen LogP contribution is 2.38. The molecule has 0 rings (SSSR count). The summed E-state index contributed by atoms with van der Waals surface area (Å²) < 4.78 is 30.3. The largest absolute Gasteiger partial charge is 0.756 e. The molecule has 3 unspecified atom stereocenters. The zero-order valence-corrected chi connectivity index (χ0v) is 50.6. The predicted octanol–water partition coefficient (Wildman–Crippen LogP) is 18.3. The number of rotatable bonds is 54. The molecule has 76 heavy (non-hydrogen) atoms. The number of hydrogen-bond acceptors (Lipinski definition) is 7. The number of quaternary nitrogens is 1. The van der Waals surface area contributed by atoms with Crippen molar-refractivity contribution in [3.8, 4) is 0 Å². The molecule has 0 aliphatic carbocycles. The van der Waals surface area contributed by atoms with Crippen LogP contribution in [0, 0.1) is 0 Å². The third-order valence-electron chi connectivity index (χ3n) is 13.0. The molecule has 0 aromatic rings. The maximum absolute atomic E-state index is 13.5. The van der Waals surface area contributed by atoms with E-state index in [4.69, 9.17) is 13.8 Å². The Hall–Kier alpha value is -3.33. The Morgan fingerprint density at radius 1 is 0.487 bits per heavy atom. The number of carbonyl (C=O) groups excluding carboxylic acids is 2. The van der Waals surface area contributed by atoms with Crippen molar-refractivity contribution in [2.45, 2.75) is 258 Å². The minimum Gasteiger partial charge on any atom is -0.756 e. The first-order valence-electron chi connectivity index (χ1n) is 30.7. The van der Waals surface area contributed by atoms with Gasteiger partial charge in [-0.25, -0.2) is 0 Å². The molecule has 9 nitrogen and oxygen atoms in total. The second-order valence-electron chi connectivity index (χ2n) is 21.5. The Kier molecular flexibility index (Phi) is 52.6. The van der Waals surface area contributed by atoms with E-state index in [1.807, 2.05) is 33.3 Å². The maximum atomic E-state index is 13.5. The smallest absolute Gasteiger partial charge is 0.306 e. The molecule has 0 saturated carbocycles. The number of hydrogen-bond donors (Lipinski definition) is 1. The predicted molar refractivity (Wildman–Crippen MR) is 325 cm³/mol. The molecule has 0 spiro atoms. The number of nitrogens with zero attached hydrogens (tertiary/aromatic N) is 1. The number of unbranched alkanes of at least 4 members (excludes halogenated alkanes) is 23. The summed E-state index contributed by atoms with van der Waals surface area (Å²) in [6.45, 7) is 6.66. The quantitative estimate of drug-likeness (QED) is 0.0161. The summed E-state index contributed by atoms with van der Waals surface area (Å²) in [5, 5.41) is 3.01. The molecule has 0 saturated heterocycles. The molecule has 0 radical (unpaired) electrons. The highest BCUT2D eigenvalue weighted by atomic mass is 31.2. The summed E-state index contributed by atoms with van der Waals surface area (Å²) in [7, 11) is 1.15. The molecule has 0 aliphatic rings. The van der Waals surface area contributed by atoms with Crippen LogP contribution in [-0.4, -0.2) is 69.4 Å². The summed E-state index contributed by atoms with van der Waals surface area (Å²) in [5.41, 5.74) is 0. The van der Waals surface area contributed by atoms with Gasteiger partial charge in [0.25, 0.3) is 7.82 Å². The van der Waals surface area contributed by atoms with Gasteiger partial charge in [-0.15, -0.1) is 0 Å². The number of amides is 1. The van der Waals surface area contributed by atoms with Crippen LogP contribution < -0.4 is 10.2 Å². The van der Waals surface area contributed by atoms with Gasteiger partial charge >= 0.3 is 5.97 Å². The summed E-state index contributed by atoms with van der Waals surface area (Å²) >= 11 is 0. The first-order chi connectivity index (χ1) is 36.9. The van der Waals surface area contributed by atoms with Crippen molar-refractivity contribution in [1.82, 2.24) is 5.32 Å².